The Bertz CT molecular complexity index is 798. The maximum atomic E-state index is 11.5. The molecule has 8 nitrogen and oxygen atoms in total. The highest BCUT2D eigenvalue weighted by Crippen LogP contribution is 2.27. The molecule has 1 N–H and O–H groups in total. The van der Waals surface area contributed by atoms with Gasteiger partial charge in [-0.05, 0) is 12.1 Å². The molecule has 0 fully saturated rings. The first-order valence-corrected chi connectivity index (χ1v) is 8.36. The lowest BCUT2D eigenvalue weighted by molar-refractivity contribution is -0.384. The number of nitro benzene ring substituents is 1. The molecule has 22 heavy (non-hydrogen) atoms. The lowest BCUT2D eigenvalue weighted by Gasteiger charge is -2.08. The predicted octanol–water partition coefficient (Wildman–Crippen LogP) is 1.39. The van der Waals surface area contributed by atoms with Gasteiger partial charge in [0.15, 0.2) is 9.84 Å². The smallest absolute Gasteiger partial charge is 0.293 e. The summed E-state index contributed by atoms with van der Waals surface area (Å²) in [5, 5.41) is 14.1. The van der Waals surface area contributed by atoms with Crippen molar-refractivity contribution in [2.45, 2.75) is 11.3 Å². The van der Waals surface area contributed by atoms with E-state index in [-0.39, 0.29) is 10.6 Å². The minimum Gasteiger partial charge on any atom is -0.379 e. The van der Waals surface area contributed by atoms with Gasteiger partial charge in [0.1, 0.15) is 5.69 Å². The molecule has 0 aliphatic heterocycles. The van der Waals surface area contributed by atoms with Crippen LogP contribution in [0.1, 0.15) is 5.69 Å². The normalized spacial score (nSPS) is 11.4. The first-order valence-electron chi connectivity index (χ1n) is 6.46. The molecular weight excluding hydrogens is 308 g/mol. The maximum Gasteiger partial charge on any atom is 0.293 e. The Balaban J connectivity index is 2.17. The predicted molar refractivity (Wildman–Crippen MR) is 81.6 cm³/mol. The maximum absolute atomic E-state index is 11.5. The zero-order chi connectivity index (χ0) is 16.3. The Morgan fingerprint density at radius 3 is 2.68 bits per heavy atom. The molecule has 2 aromatic rings. The molecule has 0 saturated carbocycles. The van der Waals surface area contributed by atoms with Crippen molar-refractivity contribution >= 4 is 21.2 Å². The number of nitrogens with zero attached hydrogens (tertiary/aromatic N) is 3. The van der Waals surface area contributed by atoms with E-state index in [4.69, 9.17) is 0 Å². The highest BCUT2D eigenvalue weighted by atomic mass is 32.2. The van der Waals surface area contributed by atoms with Gasteiger partial charge in [-0.1, -0.05) is 0 Å². The Morgan fingerprint density at radius 1 is 1.41 bits per heavy atom. The third-order valence-corrected chi connectivity index (χ3v) is 4.32. The average molecular weight is 324 g/mol. The lowest BCUT2D eigenvalue weighted by Crippen LogP contribution is -2.09. The molecule has 0 saturated heterocycles. The van der Waals surface area contributed by atoms with Crippen molar-refractivity contribution in [2.75, 3.05) is 18.1 Å². The molecule has 1 aromatic heterocycles. The SMILES string of the molecule is Cn1cncc1CCNc1ccc(S(C)(=O)=O)cc1[N+](=O)[O-]. The van der Waals surface area contributed by atoms with Crippen LogP contribution in [0.2, 0.25) is 0 Å². The van der Waals surface area contributed by atoms with Gasteiger partial charge in [-0.25, -0.2) is 13.4 Å². The minimum absolute atomic E-state index is 0.0728. The molecule has 0 unspecified atom stereocenters. The van der Waals surface area contributed by atoms with E-state index in [2.05, 4.69) is 10.3 Å². The standard InChI is InChI=1S/C13H16N4O4S/c1-16-9-14-8-10(16)5-6-15-12-4-3-11(22(2,20)21)7-13(12)17(18)19/h3-4,7-9,15H,5-6H2,1-2H3. The van der Waals surface area contributed by atoms with Crippen molar-refractivity contribution in [2.24, 2.45) is 7.05 Å². The van der Waals surface area contributed by atoms with E-state index in [9.17, 15) is 18.5 Å². The number of aromatic nitrogens is 2. The van der Waals surface area contributed by atoms with Crippen LogP contribution in [0.25, 0.3) is 0 Å². The summed E-state index contributed by atoms with van der Waals surface area (Å²) >= 11 is 0. The summed E-state index contributed by atoms with van der Waals surface area (Å²) in [6.07, 6.45) is 5.06. The van der Waals surface area contributed by atoms with E-state index >= 15 is 0 Å². The van der Waals surface area contributed by atoms with Gasteiger partial charge in [-0.3, -0.25) is 10.1 Å². The molecule has 0 radical (unpaired) electrons. The second-order valence-electron chi connectivity index (χ2n) is 4.88. The third kappa shape index (κ3) is 3.61. The van der Waals surface area contributed by atoms with E-state index in [0.29, 0.717) is 18.7 Å². The molecule has 0 aliphatic carbocycles. The van der Waals surface area contributed by atoms with E-state index in [1.165, 1.54) is 12.1 Å². The van der Waals surface area contributed by atoms with Crippen LogP contribution in [0, 0.1) is 10.1 Å². The summed E-state index contributed by atoms with van der Waals surface area (Å²) < 4.78 is 24.8. The Morgan fingerprint density at radius 2 is 2.14 bits per heavy atom. The van der Waals surface area contributed by atoms with Crippen LogP contribution in [0.15, 0.2) is 35.6 Å². The molecule has 118 valence electrons. The second-order valence-corrected chi connectivity index (χ2v) is 6.90. The topological polar surface area (TPSA) is 107 Å². The minimum atomic E-state index is -3.48. The summed E-state index contributed by atoms with van der Waals surface area (Å²) in [7, 11) is -1.61. The zero-order valence-electron chi connectivity index (χ0n) is 12.2. The van der Waals surface area contributed by atoms with Crippen LogP contribution in [0.3, 0.4) is 0 Å². The van der Waals surface area contributed by atoms with Crippen molar-refractivity contribution in [3.05, 3.63) is 46.5 Å². The third-order valence-electron chi connectivity index (χ3n) is 3.21. The fourth-order valence-electron chi connectivity index (χ4n) is 1.99. The second kappa shape index (κ2) is 6.14. The molecule has 2 rings (SSSR count). The van der Waals surface area contributed by atoms with Crippen molar-refractivity contribution < 1.29 is 13.3 Å². The Kier molecular flexibility index (Phi) is 4.45. The number of hydrogen-bond donors (Lipinski definition) is 1. The highest BCUT2D eigenvalue weighted by molar-refractivity contribution is 7.90. The number of benzene rings is 1. The van der Waals surface area contributed by atoms with Crippen LogP contribution < -0.4 is 5.32 Å². The average Bonchev–Trinajstić information content (AvgIpc) is 2.83. The molecule has 0 aliphatic rings. The molecule has 9 heteroatoms. The molecule has 0 atom stereocenters. The first kappa shape index (κ1) is 16.0. The van der Waals surface area contributed by atoms with Crippen molar-refractivity contribution in [1.29, 1.82) is 0 Å². The lowest BCUT2D eigenvalue weighted by atomic mass is 10.2. The quantitative estimate of drug-likeness (QED) is 0.635. The van der Waals surface area contributed by atoms with E-state index in [1.54, 1.807) is 12.5 Å². The Hall–Kier alpha value is -2.42. The number of imidazole rings is 1. The van der Waals surface area contributed by atoms with Crippen LogP contribution >= 0.6 is 0 Å². The van der Waals surface area contributed by atoms with E-state index < -0.39 is 14.8 Å². The van der Waals surface area contributed by atoms with Crippen molar-refractivity contribution in [1.82, 2.24) is 9.55 Å². The van der Waals surface area contributed by atoms with E-state index in [0.717, 1.165) is 18.0 Å². The van der Waals surface area contributed by atoms with Gasteiger partial charge in [0.05, 0.1) is 16.1 Å². The zero-order valence-corrected chi connectivity index (χ0v) is 13.0. The van der Waals surface area contributed by atoms with Crippen LogP contribution in [0.4, 0.5) is 11.4 Å². The monoisotopic (exact) mass is 324 g/mol. The number of nitro groups is 1. The van der Waals surface area contributed by atoms with Gasteiger partial charge >= 0.3 is 0 Å². The molecule has 1 heterocycles. The van der Waals surface area contributed by atoms with Gasteiger partial charge in [-0.15, -0.1) is 0 Å². The van der Waals surface area contributed by atoms with Gasteiger partial charge in [0.25, 0.3) is 5.69 Å². The highest BCUT2D eigenvalue weighted by Gasteiger charge is 2.18. The number of anilines is 1. The van der Waals surface area contributed by atoms with Crippen LogP contribution in [0.5, 0.6) is 0 Å². The fraction of sp³-hybridized carbons (Fsp3) is 0.308. The van der Waals surface area contributed by atoms with Crippen molar-refractivity contribution in [3.8, 4) is 0 Å². The van der Waals surface area contributed by atoms with Crippen LogP contribution in [-0.4, -0.2) is 35.7 Å². The Labute approximate surface area is 127 Å². The molecule has 1 aromatic carbocycles. The summed E-state index contributed by atoms with van der Waals surface area (Å²) in [6.45, 7) is 0.471. The number of nitrogens with one attached hydrogen (secondary N) is 1. The summed E-state index contributed by atoms with van der Waals surface area (Å²) in [4.78, 5) is 14.4. The molecule has 0 amide bonds. The summed E-state index contributed by atoms with van der Waals surface area (Å²) in [5.74, 6) is 0. The van der Waals surface area contributed by atoms with Gasteiger partial charge < -0.3 is 9.88 Å². The number of aryl methyl sites for hydroxylation is 1. The van der Waals surface area contributed by atoms with Gasteiger partial charge in [0, 0.05) is 44.2 Å². The number of hydrogen-bond acceptors (Lipinski definition) is 6. The molecule has 0 spiro atoms. The molecular formula is C13H16N4O4S. The number of sulfone groups is 1. The summed E-state index contributed by atoms with van der Waals surface area (Å²) in [6, 6.07) is 3.84. The molecule has 0 bridgehead atoms. The van der Waals surface area contributed by atoms with Crippen LogP contribution in [-0.2, 0) is 23.3 Å². The van der Waals surface area contributed by atoms with Gasteiger partial charge in [-0.2, -0.15) is 0 Å². The van der Waals surface area contributed by atoms with Crippen molar-refractivity contribution in [3.63, 3.8) is 0 Å². The first-order chi connectivity index (χ1) is 10.3. The number of rotatable bonds is 6. The van der Waals surface area contributed by atoms with E-state index in [1.807, 2.05) is 11.6 Å². The van der Waals surface area contributed by atoms with Gasteiger partial charge in [0.2, 0.25) is 0 Å². The summed E-state index contributed by atoms with van der Waals surface area (Å²) in [5.41, 5.74) is 1.02. The largest absolute Gasteiger partial charge is 0.379 e. The fourth-order valence-corrected chi connectivity index (χ4v) is 2.63.